The molecule has 17 heavy (non-hydrogen) atoms. The molecule has 0 bridgehead atoms. The molecule has 3 nitrogen and oxygen atoms in total. The molecule has 2 unspecified atom stereocenters. The van der Waals surface area contributed by atoms with Crippen LogP contribution < -0.4 is 0 Å². The minimum absolute atomic E-state index is 0.146. The molecule has 1 aliphatic carbocycles. The fraction of sp³-hybridized carbons (Fsp3) is 0.444. The van der Waals surface area contributed by atoms with Gasteiger partial charge >= 0.3 is 18.1 Å². The Morgan fingerprint density at radius 1 is 1.18 bits per heavy atom. The number of allylic oxidation sites excluding steroid dienone is 2. The second-order valence-electron chi connectivity index (χ2n) is 3.44. The number of carbonyl (C=O) groups is 1. The molecule has 0 aromatic rings. The number of aliphatic hydroxyl groups is 1. The van der Waals surface area contributed by atoms with Gasteiger partial charge in [-0.05, 0) is 0 Å². The van der Waals surface area contributed by atoms with Crippen LogP contribution in [0.2, 0.25) is 0 Å². The second kappa shape index (κ2) is 3.80. The molecule has 0 radical (unpaired) electrons. The molecule has 0 aromatic heterocycles. The molecule has 96 valence electrons. The van der Waals surface area contributed by atoms with Crippen molar-refractivity contribution in [3.63, 3.8) is 0 Å². The standard InChI is InChI=1S/C9H7F5O3/c10-8(11,9(12,13)14)7(6(16)17)4-2-1-3-5(7)15/h1-5,15H,(H,16,17). The van der Waals surface area contributed by atoms with Gasteiger partial charge in [0.1, 0.15) is 0 Å². The average molecular weight is 258 g/mol. The van der Waals surface area contributed by atoms with Gasteiger partial charge in [0.05, 0.1) is 6.10 Å². The molecule has 0 heterocycles. The van der Waals surface area contributed by atoms with Crippen LogP contribution in [-0.4, -0.2) is 34.4 Å². The lowest BCUT2D eigenvalue weighted by atomic mass is 9.73. The second-order valence-corrected chi connectivity index (χ2v) is 3.44. The quantitative estimate of drug-likeness (QED) is 0.742. The summed E-state index contributed by atoms with van der Waals surface area (Å²) in [6.07, 6.45) is -6.14. The van der Waals surface area contributed by atoms with Gasteiger partial charge in [0.15, 0.2) is 5.41 Å². The smallest absolute Gasteiger partial charge is 0.454 e. The molecule has 0 saturated carbocycles. The zero-order valence-corrected chi connectivity index (χ0v) is 8.08. The molecule has 8 heteroatoms. The molecule has 2 atom stereocenters. The molecule has 0 saturated heterocycles. The van der Waals surface area contributed by atoms with Gasteiger partial charge in [0, 0.05) is 0 Å². The van der Waals surface area contributed by atoms with Gasteiger partial charge in [0.25, 0.3) is 0 Å². The summed E-state index contributed by atoms with van der Waals surface area (Å²) in [4.78, 5) is 10.8. The van der Waals surface area contributed by atoms with E-state index in [0.717, 1.165) is 12.2 Å². The highest BCUT2D eigenvalue weighted by atomic mass is 19.4. The van der Waals surface area contributed by atoms with Crippen molar-refractivity contribution in [3.8, 4) is 0 Å². The van der Waals surface area contributed by atoms with Gasteiger partial charge in [-0.3, -0.25) is 4.79 Å². The number of halogens is 5. The molecule has 0 aliphatic heterocycles. The maximum absolute atomic E-state index is 13.2. The zero-order valence-electron chi connectivity index (χ0n) is 8.08. The number of hydrogen-bond donors (Lipinski definition) is 2. The van der Waals surface area contributed by atoms with Crippen LogP contribution in [-0.2, 0) is 4.79 Å². The fourth-order valence-corrected chi connectivity index (χ4v) is 1.48. The summed E-state index contributed by atoms with van der Waals surface area (Å²) in [5.74, 6) is -8.04. The van der Waals surface area contributed by atoms with E-state index in [4.69, 9.17) is 5.11 Å². The molecule has 0 amide bonds. The Labute approximate surface area is 91.9 Å². The predicted molar refractivity (Wildman–Crippen MR) is 45.4 cm³/mol. The Kier molecular flexibility index (Phi) is 3.04. The van der Waals surface area contributed by atoms with Crippen LogP contribution in [0.15, 0.2) is 24.3 Å². The molecule has 1 aliphatic rings. The third kappa shape index (κ3) is 1.72. The van der Waals surface area contributed by atoms with Crippen molar-refractivity contribution < 1.29 is 37.0 Å². The summed E-state index contributed by atoms with van der Waals surface area (Å²) in [5, 5.41) is 17.8. The Morgan fingerprint density at radius 3 is 2.06 bits per heavy atom. The summed E-state index contributed by atoms with van der Waals surface area (Å²) in [6.45, 7) is 0. The summed E-state index contributed by atoms with van der Waals surface area (Å²) >= 11 is 0. The van der Waals surface area contributed by atoms with Crippen molar-refractivity contribution in [3.05, 3.63) is 24.3 Å². The van der Waals surface area contributed by atoms with Gasteiger partial charge in [0.2, 0.25) is 0 Å². The average Bonchev–Trinajstić information content (AvgIpc) is 2.15. The minimum Gasteiger partial charge on any atom is -0.480 e. The van der Waals surface area contributed by atoms with E-state index in [1.165, 1.54) is 0 Å². The Balaban J connectivity index is 3.42. The van der Waals surface area contributed by atoms with Crippen molar-refractivity contribution in [2.45, 2.75) is 18.2 Å². The molecular formula is C9H7F5O3. The molecule has 0 aromatic carbocycles. The number of carboxylic acids is 1. The lowest BCUT2D eigenvalue weighted by Gasteiger charge is -2.38. The molecular weight excluding hydrogens is 251 g/mol. The first-order valence-corrected chi connectivity index (χ1v) is 4.29. The van der Waals surface area contributed by atoms with E-state index >= 15 is 0 Å². The highest BCUT2D eigenvalue weighted by Crippen LogP contribution is 2.52. The van der Waals surface area contributed by atoms with E-state index in [1.807, 2.05) is 0 Å². The van der Waals surface area contributed by atoms with Crippen LogP contribution >= 0.6 is 0 Å². The third-order valence-electron chi connectivity index (χ3n) is 2.46. The van der Waals surface area contributed by atoms with Crippen molar-refractivity contribution in [2.24, 2.45) is 5.41 Å². The van der Waals surface area contributed by atoms with Crippen molar-refractivity contribution in [1.82, 2.24) is 0 Å². The van der Waals surface area contributed by atoms with Gasteiger partial charge in [-0.1, -0.05) is 24.3 Å². The maximum Gasteiger partial charge on any atom is 0.454 e. The third-order valence-corrected chi connectivity index (χ3v) is 2.46. The zero-order chi connectivity index (χ0) is 13.5. The minimum atomic E-state index is -6.08. The lowest BCUT2D eigenvalue weighted by Crippen LogP contribution is -2.60. The van der Waals surface area contributed by atoms with E-state index < -0.39 is 29.6 Å². The van der Waals surface area contributed by atoms with Gasteiger partial charge in [-0.15, -0.1) is 0 Å². The first-order valence-electron chi connectivity index (χ1n) is 4.29. The van der Waals surface area contributed by atoms with E-state index in [0.29, 0.717) is 6.08 Å². The maximum atomic E-state index is 13.2. The topological polar surface area (TPSA) is 57.5 Å². The molecule has 2 N–H and O–H groups in total. The predicted octanol–water partition coefficient (Wildman–Crippen LogP) is 1.74. The number of aliphatic hydroxyl groups excluding tert-OH is 1. The van der Waals surface area contributed by atoms with E-state index in [1.54, 1.807) is 0 Å². The van der Waals surface area contributed by atoms with E-state index in [9.17, 15) is 31.9 Å². The SMILES string of the molecule is O=C(O)C1(C(F)(F)C(F)(F)F)C=CC=CC1O. The number of aliphatic carboxylic acids is 1. The van der Waals surface area contributed by atoms with Gasteiger partial charge in [-0.2, -0.15) is 22.0 Å². The molecule has 0 spiro atoms. The first kappa shape index (κ1) is 13.6. The summed E-state index contributed by atoms with van der Waals surface area (Å²) in [7, 11) is 0. The van der Waals surface area contributed by atoms with E-state index in [2.05, 4.69) is 0 Å². The lowest BCUT2D eigenvalue weighted by molar-refractivity contribution is -0.323. The Bertz CT molecular complexity index is 385. The van der Waals surface area contributed by atoms with Crippen molar-refractivity contribution in [2.75, 3.05) is 0 Å². The van der Waals surface area contributed by atoms with Crippen LogP contribution in [0.1, 0.15) is 0 Å². The van der Waals surface area contributed by atoms with Crippen molar-refractivity contribution in [1.29, 1.82) is 0 Å². The highest BCUT2D eigenvalue weighted by Gasteiger charge is 2.75. The number of rotatable bonds is 2. The number of hydrogen-bond acceptors (Lipinski definition) is 2. The summed E-state index contributed by atoms with van der Waals surface area (Å²) in [6, 6.07) is 0. The Morgan fingerprint density at radius 2 is 1.71 bits per heavy atom. The number of carboxylic acid groups (broad SMARTS) is 1. The monoisotopic (exact) mass is 258 g/mol. The van der Waals surface area contributed by atoms with Crippen molar-refractivity contribution >= 4 is 5.97 Å². The number of alkyl halides is 5. The summed E-state index contributed by atoms with van der Waals surface area (Å²) < 4.78 is 63.1. The van der Waals surface area contributed by atoms with Gasteiger partial charge in [-0.25, -0.2) is 0 Å². The van der Waals surface area contributed by atoms with Crippen LogP contribution in [0.5, 0.6) is 0 Å². The van der Waals surface area contributed by atoms with E-state index in [-0.39, 0.29) is 6.08 Å². The summed E-state index contributed by atoms with van der Waals surface area (Å²) in [5.41, 5.74) is -3.74. The largest absolute Gasteiger partial charge is 0.480 e. The first-order chi connectivity index (χ1) is 7.57. The highest BCUT2D eigenvalue weighted by molar-refractivity contribution is 5.80. The van der Waals surface area contributed by atoms with Crippen LogP contribution in [0.4, 0.5) is 22.0 Å². The molecule has 1 rings (SSSR count). The van der Waals surface area contributed by atoms with Crippen LogP contribution in [0, 0.1) is 5.41 Å². The van der Waals surface area contributed by atoms with Crippen LogP contribution in [0.3, 0.4) is 0 Å². The normalized spacial score (nSPS) is 29.4. The van der Waals surface area contributed by atoms with Crippen LogP contribution in [0.25, 0.3) is 0 Å². The Hall–Kier alpha value is -1.44. The molecule has 0 fully saturated rings. The van der Waals surface area contributed by atoms with Gasteiger partial charge < -0.3 is 10.2 Å². The fourth-order valence-electron chi connectivity index (χ4n) is 1.48.